The Morgan fingerprint density at radius 1 is 1.30 bits per heavy atom. The summed E-state index contributed by atoms with van der Waals surface area (Å²) in [5.74, 6) is 1.09. The molecular formula is C19H24N6O2. The van der Waals surface area contributed by atoms with Gasteiger partial charge in [-0.15, -0.1) is 0 Å². The van der Waals surface area contributed by atoms with Gasteiger partial charge in [0.15, 0.2) is 5.82 Å². The zero-order chi connectivity index (χ0) is 18.8. The average Bonchev–Trinajstić information content (AvgIpc) is 3.26. The van der Waals surface area contributed by atoms with Crippen molar-refractivity contribution in [2.45, 2.75) is 26.4 Å². The SMILES string of the molecule is Cc1cc(NC(=O)C(C)N2CCN(Cc3cn4ccccc4n3)CC2)no1. The molecule has 0 aromatic carbocycles. The van der Waals surface area contributed by atoms with E-state index in [2.05, 4.69) is 31.5 Å². The maximum Gasteiger partial charge on any atom is 0.242 e. The zero-order valence-corrected chi connectivity index (χ0v) is 15.6. The Hall–Kier alpha value is -2.71. The Morgan fingerprint density at radius 3 is 2.81 bits per heavy atom. The van der Waals surface area contributed by atoms with Crippen molar-refractivity contribution in [2.24, 2.45) is 0 Å². The zero-order valence-electron chi connectivity index (χ0n) is 15.6. The molecule has 142 valence electrons. The van der Waals surface area contributed by atoms with Gasteiger partial charge in [-0.3, -0.25) is 14.6 Å². The summed E-state index contributed by atoms with van der Waals surface area (Å²) in [7, 11) is 0. The molecule has 0 spiro atoms. The number of amides is 1. The van der Waals surface area contributed by atoms with E-state index in [0.29, 0.717) is 11.6 Å². The van der Waals surface area contributed by atoms with Gasteiger partial charge in [0, 0.05) is 51.2 Å². The number of rotatable bonds is 5. The van der Waals surface area contributed by atoms with Crippen LogP contribution in [0.3, 0.4) is 0 Å². The van der Waals surface area contributed by atoms with Crippen LogP contribution in [-0.4, -0.2) is 62.5 Å². The Kier molecular flexibility index (Phi) is 4.91. The van der Waals surface area contributed by atoms with E-state index in [1.165, 1.54) is 0 Å². The van der Waals surface area contributed by atoms with Gasteiger partial charge in [0.05, 0.1) is 11.7 Å². The first-order valence-electron chi connectivity index (χ1n) is 9.22. The minimum atomic E-state index is -0.209. The molecule has 1 N–H and O–H groups in total. The van der Waals surface area contributed by atoms with Gasteiger partial charge in [0.2, 0.25) is 5.91 Å². The molecule has 3 aromatic heterocycles. The predicted octanol–water partition coefficient (Wildman–Crippen LogP) is 1.78. The monoisotopic (exact) mass is 368 g/mol. The summed E-state index contributed by atoms with van der Waals surface area (Å²) in [5, 5.41) is 6.63. The van der Waals surface area contributed by atoms with Crippen LogP contribution in [0.5, 0.6) is 0 Å². The number of imidazole rings is 1. The first-order valence-corrected chi connectivity index (χ1v) is 9.22. The van der Waals surface area contributed by atoms with Crippen molar-refractivity contribution in [1.82, 2.24) is 24.3 Å². The number of pyridine rings is 1. The van der Waals surface area contributed by atoms with Crippen LogP contribution < -0.4 is 5.32 Å². The first kappa shape index (κ1) is 17.7. The van der Waals surface area contributed by atoms with Gasteiger partial charge < -0.3 is 14.2 Å². The van der Waals surface area contributed by atoms with Gasteiger partial charge in [-0.05, 0) is 26.0 Å². The number of piperazine rings is 1. The Labute approximate surface area is 157 Å². The molecule has 1 unspecified atom stereocenters. The lowest BCUT2D eigenvalue weighted by Crippen LogP contribution is -2.52. The fourth-order valence-corrected chi connectivity index (χ4v) is 3.42. The van der Waals surface area contributed by atoms with Gasteiger partial charge >= 0.3 is 0 Å². The molecule has 1 aliphatic rings. The molecule has 4 rings (SSSR count). The first-order chi connectivity index (χ1) is 13.1. The molecule has 0 saturated carbocycles. The van der Waals surface area contributed by atoms with Crippen LogP contribution in [0.25, 0.3) is 5.65 Å². The number of carbonyl (C=O) groups is 1. The van der Waals surface area contributed by atoms with Gasteiger partial charge in [0.1, 0.15) is 11.4 Å². The van der Waals surface area contributed by atoms with Crippen LogP contribution in [0.15, 0.2) is 41.2 Å². The highest BCUT2D eigenvalue weighted by Gasteiger charge is 2.26. The molecule has 8 nitrogen and oxygen atoms in total. The van der Waals surface area contributed by atoms with E-state index in [9.17, 15) is 4.79 Å². The van der Waals surface area contributed by atoms with Crippen LogP contribution in [0.4, 0.5) is 5.82 Å². The number of anilines is 1. The highest BCUT2D eigenvalue weighted by molar-refractivity contribution is 5.93. The standard InChI is InChI=1S/C19H24N6O2/c1-14-11-17(22-27-14)21-19(26)15(2)24-9-7-23(8-10-24)12-16-13-25-6-4-3-5-18(25)20-16/h3-6,11,13,15H,7-10,12H2,1-2H3,(H,21,22,26). The minimum absolute atomic E-state index is 0.0582. The lowest BCUT2D eigenvalue weighted by molar-refractivity contribution is -0.121. The molecule has 1 saturated heterocycles. The molecule has 1 aliphatic heterocycles. The van der Waals surface area contributed by atoms with Crippen molar-refractivity contribution in [3.63, 3.8) is 0 Å². The van der Waals surface area contributed by atoms with E-state index in [0.717, 1.165) is 44.1 Å². The summed E-state index contributed by atoms with van der Waals surface area (Å²) in [4.78, 5) is 21.7. The number of fused-ring (bicyclic) bond motifs is 1. The summed E-state index contributed by atoms with van der Waals surface area (Å²) in [6.07, 6.45) is 4.10. The molecule has 0 aliphatic carbocycles. The molecule has 8 heteroatoms. The van der Waals surface area contributed by atoms with Crippen molar-refractivity contribution < 1.29 is 9.32 Å². The van der Waals surface area contributed by atoms with Crippen molar-refractivity contribution in [3.05, 3.63) is 48.1 Å². The van der Waals surface area contributed by atoms with Crippen LogP contribution in [0.2, 0.25) is 0 Å². The van der Waals surface area contributed by atoms with Crippen molar-refractivity contribution in [2.75, 3.05) is 31.5 Å². The number of nitrogens with one attached hydrogen (secondary N) is 1. The third-order valence-electron chi connectivity index (χ3n) is 5.01. The topological polar surface area (TPSA) is 78.9 Å². The fraction of sp³-hybridized carbons (Fsp3) is 0.421. The second kappa shape index (κ2) is 7.50. The van der Waals surface area contributed by atoms with Gasteiger partial charge in [-0.25, -0.2) is 4.98 Å². The van der Waals surface area contributed by atoms with E-state index in [1.807, 2.05) is 35.7 Å². The van der Waals surface area contributed by atoms with Crippen LogP contribution in [0.1, 0.15) is 18.4 Å². The molecule has 1 fully saturated rings. The third-order valence-corrected chi connectivity index (χ3v) is 5.01. The van der Waals surface area contributed by atoms with E-state index < -0.39 is 0 Å². The quantitative estimate of drug-likeness (QED) is 0.740. The second-order valence-electron chi connectivity index (χ2n) is 7.00. The summed E-state index contributed by atoms with van der Waals surface area (Å²) in [5.41, 5.74) is 2.04. The molecule has 1 amide bonds. The van der Waals surface area contributed by atoms with Crippen LogP contribution in [-0.2, 0) is 11.3 Å². The number of carbonyl (C=O) groups excluding carboxylic acids is 1. The molecule has 1 atom stereocenters. The summed E-state index contributed by atoms with van der Waals surface area (Å²) in [6.45, 7) is 8.07. The highest BCUT2D eigenvalue weighted by atomic mass is 16.5. The van der Waals surface area contributed by atoms with Crippen molar-refractivity contribution in [3.8, 4) is 0 Å². The smallest absolute Gasteiger partial charge is 0.242 e. The maximum atomic E-state index is 12.4. The van der Waals surface area contributed by atoms with E-state index >= 15 is 0 Å². The third kappa shape index (κ3) is 4.01. The lowest BCUT2D eigenvalue weighted by Gasteiger charge is -2.37. The number of aryl methyl sites for hydroxylation is 1. The van der Waals surface area contributed by atoms with Crippen molar-refractivity contribution >= 4 is 17.4 Å². The summed E-state index contributed by atoms with van der Waals surface area (Å²) in [6, 6.07) is 7.52. The number of nitrogens with zero attached hydrogens (tertiary/aromatic N) is 5. The molecular weight excluding hydrogens is 344 g/mol. The lowest BCUT2D eigenvalue weighted by atomic mass is 10.2. The maximum absolute atomic E-state index is 12.4. The summed E-state index contributed by atoms with van der Waals surface area (Å²) < 4.78 is 7.04. The van der Waals surface area contributed by atoms with Gasteiger partial charge in [0.25, 0.3) is 0 Å². The Bertz CT molecular complexity index is 892. The Balaban J connectivity index is 1.29. The van der Waals surface area contributed by atoms with E-state index in [1.54, 1.807) is 13.0 Å². The molecule has 27 heavy (non-hydrogen) atoms. The molecule has 4 heterocycles. The minimum Gasteiger partial charge on any atom is -0.360 e. The largest absolute Gasteiger partial charge is 0.360 e. The number of hydrogen-bond donors (Lipinski definition) is 1. The van der Waals surface area contributed by atoms with Crippen LogP contribution in [0, 0.1) is 6.92 Å². The summed E-state index contributed by atoms with van der Waals surface area (Å²) >= 11 is 0. The molecule has 0 radical (unpaired) electrons. The second-order valence-corrected chi connectivity index (χ2v) is 7.00. The fourth-order valence-electron chi connectivity index (χ4n) is 3.42. The predicted molar refractivity (Wildman–Crippen MR) is 101 cm³/mol. The normalized spacial score (nSPS) is 17.3. The van der Waals surface area contributed by atoms with E-state index in [-0.39, 0.29) is 11.9 Å². The van der Waals surface area contributed by atoms with Crippen molar-refractivity contribution in [1.29, 1.82) is 0 Å². The highest BCUT2D eigenvalue weighted by Crippen LogP contribution is 2.13. The average molecular weight is 368 g/mol. The molecule has 0 bridgehead atoms. The number of hydrogen-bond acceptors (Lipinski definition) is 6. The Morgan fingerprint density at radius 2 is 2.11 bits per heavy atom. The van der Waals surface area contributed by atoms with Crippen LogP contribution >= 0.6 is 0 Å². The van der Waals surface area contributed by atoms with E-state index in [4.69, 9.17) is 4.52 Å². The number of aromatic nitrogens is 3. The van der Waals surface area contributed by atoms with Gasteiger partial charge in [-0.1, -0.05) is 11.2 Å². The van der Waals surface area contributed by atoms with Gasteiger partial charge in [-0.2, -0.15) is 0 Å². The molecule has 3 aromatic rings.